The predicted molar refractivity (Wildman–Crippen MR) is 141 cm³/mol. The number of carbonyl (C=O) groups is 1. The van der Waals surface area contributed by atoms with Crippen LogP contribution in [-0.4, -0.2) is 70.5 Å². The van der Waals surface area contributed by atoms with Crippen molar-refractivity contribution < 1.29 is 22.7 Å². The van der Waals surface area contributed by atoms with E-state index in [2.05, 4.69) is 22.3 Å². The van der Waals surface area contributed by atoms with Crippen molar-refractivity contribution in [3.05, 3.63) is 58.7 Å². The van der Waals surface area contributed by atoms with Crippen molar-refractivity contribution in [1.29, 1.82) is 0 Å². The van der Waals surface area contributed by atoms with Gasteiger partial charge in [0.2, 0.25) is 15.9 Å². The molecular formula is C27H39N3O5S. The third-order valence-electron chi connectivity index (χ3n) is 6.51. The van der Waals surface area contributed by atoms with Gasteiger partial charge < -0.3 is 14.8 Å². The number of nitrogens with one attached hydrogen (secondary N) is 1. The molecule has 8 nitrogen and oxygen atoms in total. The third kappa shape index (κ3) is 7.52. The summed E-state index contributed by atoms with van der Waals surface area (Å²) in [6.07, 6.45) is 3.12. The molecule has 0 aliphatic carbocycles. The highest BCUT2D eigenvalue weighted by molar-refractivity contribution is 7.89. The van der Waals surface area contributed by atoms with E-state index in [4.69, 9.17) is 9.47 Å². The molecular weight excluding hydrogens is 478 g/mol. The van der Waals surface area contributed by atoms with Gasteiger partial charge in [0.15, 0.2) is 0 Å². The Labute approximate surface area is 215 Å². The van der Waals surface area contributed by atoms with Gasteiger partial charge in [-0.15, -0.1) is 0 Å². The zero-order valence-electron chi connectivity index (χ0n) is 21.9. The number of ether oxygens (including phenoxy) is 2. The van der Waals surface area contributed by atoms with Crippen LogP contribution in [0.1, 0.15) is 42.0 Å². The van der Waals surface area contributed by atoms with E-state index in [1.165, 1.54) is 42.8 Å². The van der Waals surface area contributed by atoms with Crippen LogP contribution in [0.2, 0.25) is 0 Å². The lowest BCUT2D eigenvalue weighted by molar-refractivity contribution is -0.125. The molecule has 1 heterocycles. The van der Waals surface area contributed by atoms with E-state index in [1.807, 2.05) is 19.1 Å². The summed E-state index contributed by atoms with van der Waals surface area (Å²) in [6.45, 7) is 7.55. The number of sulfonamides is 1. The van der Waals surface area contributed by atoms with E-state index in [0.717, 1.165) is 12.1 Å². The van der Waals surface area contributed by atoms with E-state index >= 15 is 0 Å². The van der Waals surface area contributed by atoms with Gasteiger partial charge in [-0.05, 0) is 73.7 Å². The summed E-state index contributed by atoms with van der Waals surface area (Å²) in [5.74, 6) is 0.402. The van der Waals surface area contributed by atoms with Crippen LogP contribution in [0.15, 0.2) is 41.3 Å². The normalized spacial score (nSPS) is 14.4. The quantitative estimate of drug-likeness (QED) is 0.411. The van der Waals surface area contributed by atoms with Gasteiger partial charge in [-0.2, -0.15) is 4.31 Å². The van der Waals surface area contributed by atoms with E-state index in [0.29, 0.717) is 34.7 Å². The van der Waals surface area contributed by atoms with Gasteiger partial charge in [0.25, 0.3) is 0 Å². The Hall–Kier alpha value is -2.46. The zero-order valence-corrected chi connectivity index (χ0v) is 22.7. The molecule has 1 saturated heterocycles. The maximum atomic E-state index is 13.2. The first kappa shape index (κ1) is 28.1. The van der Waals surface area contributed by atoms with Crippen molar-refractivity contribution in [3.63, 3.8) is 0 Å². The van der Waals surface area contributed by atoms with E-state index in [-0.39, 0.29) is 25.7 Å². The smallest absolute Gasteiger partial charge is 0.246 e. The van der Waals surface area contributed by atoms with Crippen LogP contribution in [0.25, 0.3) is 0 Å². The summed E-state index contributed by atoms with van der Waals surface area (Å²) in [7, 11) is -0.615. The van der Waals surface area contributed by atoms with Crippen LogP contribution in [0, 0.1) is 6.92 Å². The van der Waals surface area contributed by atoms with Crippen molar-refractivity contribution in [3.8, 4) is 5.75 Å². The number of aryl methyl sites for hydroxylation is 2. The highest BCUT2D eigenvalue weighted by atomic mass is 32.2. The van der Waals surface area contributed by atoms with E-state index < -0.39 is 10.0 Å². The minimum Gasteiger partial charge on any atom is -0.497 e. The second-order valence-corrected chi connectivity index (χ2v) is 11.2. The van der Waals surface area contributed by atoms with Gasteiger partial charge in [-0.3, -0.25) is 9.69 Å². The van der Waals surface area contributed by atoms with Gasteiger partial charge in [0.1, 0.15) is 12.4 Å². The number of methoxy groups -OCH3 is 1. The van der Waals surface area contributed by atoms with Crippen LogP contribution >= 0.6 is 0 Å². The lowest BCUT2D eigenvalue weighted by Crippen LogP contribution is -2.33. The molecule has 0 spiro atoms. The van der Waals surface area contributed by atoms with Crippen LogP contribution < -0.4 is 10.1 Å². The molecule has 0 atom stereocenters. The Morgan fingerprint density at radius 2 is 1.78 bits per heavy atom. The van der Waals surface area contributed by atoms with Crippen molar-refractivity contribution in [1.82, 2.24) is 14.5 Å². The van der Waals surface area contributed by atoms with Gasteiger partial charge in [-0.25, -0.2) is 8.42 Å². The molecule has 0 bridgehead atoms. The summed E-state index contributed by atoms with van der Waals surface area (Å²) in [6, 6.07) is 11.8. The predicted octanol–water partition coefficient (Wildman–Crippen LogP) is 3.12. The standard InChI is InChI=1S/C27H39N3O5S/c1-5-24-17-25(34-4)16-21(2)27(24)36(32,33)29(3)14-15-35-20-26(31)28-18-22-8-10-23(11-9-22)19-30-12-6-7-13-30/h8-11,16-17H,5-7,12-15,18-20H2,1-4H3,(H,28,31). The van der Waals surface area contributed by atoms with Crippen molar-refractivity contribution in [2.45, 2.75) is 51.1 Å². The molecule has 0 aromatic heterocycles. The molecule has 1 aliphatic rings. The molecule has 36 heavy (non-hydrogen) atoms. The Kier molecular flexibility index (Phi) is 10.3. The molecule has 1 N–H and O–H groups in total. The molecule has 0 saturated carbocycles. The summed E-state index contributed by atoms with van der Waals surface area (Å²) >= 11 is 0. The van der Waals surface area contributed by atoms with Crippen molar-refractivity contribution in [2.75, 3.05) is 47.0 Å². The Morgan fingerprint density at radius 1 is 1.11 bits per heavy atom. The Balaban J connectivity index is 1.42. The van der Waals surface area contributed by atoms with Gasteiger partial charge in [0, 0.05) is 26.7 Å². The maximum Gasteiger partial charge on any atom is 0.246 e. The Bertz CT molecular complexity index is 1110. The third-order valence-corrected chi connectivity index (χ3v) is 8.61. The summed E-state index contributed by atoms with van der Waals surface area (Å²) in [5.41, 5.74) is 3.66. The van der Waals surface area contributed by atoms with Crippen LogP contribution in [0.4, 0.5) is 0 Å². The molecule has 2 aromatic carbocycles. The number of likely N-dealkylation sites (N-methyl/N-ethyl adjacent to an activating group) is 1. The molecule has 1 amide bonds. The molecule has 9 heteroatoms. The van der Waals surface area contributed by atoms with Gasteiger partial charge in [-0.1, -0.05) is 31.2 Å². The fraction of sp³-hybridized carbons (Fsp3) is 0.519. The highest BCUT2D eigenvalue weighted by Gasteiger charge is 2.26. The number of benzene rings is 2. The Morgan fingerprint density at radius 3 is 2.42 bits per heavy atom. The minimum absolute atomic E-state index is 0.116. The lowest BCUT2D eigenvalue weighted by atomic mass is 10.1. The first-order chi connectivity index (χ1) is 17.2. The number of amides is 1. The zero-order chi connectivity index (χ0) is 26.1. The second kappa shape index (κ2) is 13.2. The molecule has 3 rings (SSSR count). The van der Waals surface area contributed by atoms with E-state index in [1.54, 1.807) is 26.2 Å². The summed E-state index contributed by atoms with van der Waals surface area (Å²) in [5, 5.41) is 2.85. The molecule has 2 aromatic rings. The molecule has 1 fully saturated rings. The fourth-order valence-corrected chi connectivity index (χ4v) is 6.03. The largest absolute Gasteiger partial charge is 0.497 e. The molecule has 0 unspecified atom stereocenters. The highest BCUT2D eigenvalue weighted by Crippen LogP contribution is 2.28. The average molecular weight is 518 g/mol. The SMILES string of the molecule is CCc1cc(OC)cc(C)c1S(=O)(=O)N(C)CCOCC(=O)NCc1ccc(CN2CCCC2)cc1. The number of hydrogen-bond donors (Lipinski definition) is 1. The van der Waals surface area contributed by atoms with Crippen LogP contribution in [-0.2, 0) is 39.1 Å². The van der Waals surface area contributed by atoms with Crippen LogP contribution in [0.5, 0.6) is 5.75 Å². The van der Waals surface area contributed by atoms with Crippen molar-refractivity contribution >= 4 is 15.9 Å². The number of carbonyl (C=O) groups excluding carboxylic acids is 1. The monoisotopic (exact) mass is 517 g/mol. The first-order valence-electron chi connectivity index (χ1n) is 12.5. The van der Waals surface area contributed by atoms with E-state index in [9.17, 15) is 13.2 Å². The first-order valence-corrected chi connectivity index (χ1v) is 14.0. The summed E-state index contributed by atoms with van der Waals surface area (Å²) in [4.78, 5) is 14.9. The lowest BCUT2D eigenvalue weighted by Gasteiger charge is -2.21. The fourth-order valence-electron chi connectivity index (χ4n) is 4.41. The number of rotatable bonds is 13. The topological polar surface area (TPSA) is 88.2 Å². The number of nitrogens with zero attached hydrogens (tertiary/aromatic N) is 2. The molecule has 198 valence electrons. The minimum atomic E-state index is -3.70. The maximum absolute atomic E-state index is 13.2. The average Bonchev–Trinajstić information content (AvgIpc) is 3.38. The van der Waals surface area contributed by atoms with Crippen LogP contribution in [0.3, 0.4) is 0 Å². The second-order valence-electron chi connectivity index (χ2n) is 9.24. The summed E-state index contributed by atoms with van der Waals surface area (Å²) < 4.78 is 38.4. The van der Waals surface area contributed by atoms with Crippen molar-refractivity contribution in [2.24, 2.45) is 0 Å². The molecule has 0 radical (unpaired) electrons. The number of likely N-dealkylation sites (tertiary alicyclic amines) is 1. The number of hydrogen-bond acceptors (Lipinski definition) is 6. The van der Waals surface area contributed by atoms with Gasteiger partial charge >= 0.3 is 0 Å². The van der Waals surface area contributed by atoms with Gasteiger partial charge in [0.05, 0.1) is 18.6 Å². The molecule has 1 aliphatic heterocycles.